The van der Waals surface area contributed by atoms with E-state index < -0.39 is 0 Å². The largest absolute Gasteiger partial charge is 0.490 e. The second-order valence-corrected chi connectivity index (χ2v) is 6.23. The van der Waals surface area contributed by atoms with Crippen LogP contribution in [0.5, 0.6) is 5.75 Å². The minimum Gasteiger partial charge on any atom is -0.490 e. The fourth-order valence-corrected chi connectivity index (χ4v) is 2.17. The Hall–Kier alpha value is -0.670. The van der Waals surface area contributed by atoms with Crippen molar-refractivity contribution >= 4 is 11.8 Å². The molecule has 1 aromatic rings. The van der Waals surface area contributed by atoms with E-state index in [2.05, 4.69) is 45.2 Å². The number of hydrogen-bond acceptors (Lipinski definition) is 3. The Labute approximate surface area is 108 Å². The van der Waals surface area contributed by atoms with Gasteiger partial charge in [0.05, 0.1) is 6.61 Å². The first-order valence-electron chi connectivity index (χ1n) is 5.93. The van der Waals surface area contributed by atoms with E-state index in [0.717, 1.165) is 12.4 Å². The molecule has 1 atom stereocenters. The van der Waals surface area contributed by atoms with Crippen molar-refractivity contribution in [2.45, 2.75) is 37.2 Å². The molecule has 0 radical (unpaired) electrons. The lowest BCUT2D eigenvalue weighted by Gasteiger charge is -2.21. The van der Waals surface area contributed by atoms with E-state index in [-0.39, 0.29) is 5.41 Å². The third-order valence-corrected chi connectivity index (χ3v) is 3.62. The van der Waals surface area contributed by atoms with Crippen LogP contribution in [0.4, 0.5) is 0 Å². The third kappa shape index (κ3) is 3.39. The van der Waals surface area contributed by atoms with Gasteiger partial charge in [-0.3, -0.25) is 0 Å². The number of epoxide rings is 1. The van der Waals surface area contributed by atoms with Crippen molar-refractivity contribution in [2.75, 3.05) is 19.5 Å². The van der Waals surface area contributed by atoms with Gasteiger partial charge in [-0.1, -0.05) is 26.8 Å². The van der Waals surface area contributed by atoms with Gasteiger partial charge in [0, 0.05) is 4.90 Å². The molecule has 1 fully saturated rings. The van der Waals surface area contributed by atoms with Crippen LogP contribution in [-0.4, -0.2) is 25.6 Å². The predicted molar refractivity (Wildman–Crippen MR) is 72.2 cm³/mol. The lowest BCUT2D eigenvalue weighted by atomic mass is 9.87. The fourth-order valence-electron chi connectivity index (χ4n) is 1.60. The highest BCUT2D eigenvalue weighted by atomic mass is 32.2. The van der Waals surface area contributed by atoms with E-state index in [4.69, 9.17) is 9.47 Å². The minimum atomic E-state index is 0.183. The number of thioether (sulfide) groups is 1. The van der Waals surface area contributed by atoms with Crippen LogP contribution in [-0.2, 0) is 10.2 Å². The molecule has 1 saturated heterocycles. The molecule has 94 valence electrons. The summed E-state index contributed by atoms with van der Waals surface area (Å²) in [6.45, 7) is 8.19. The standard InChI is InChI=1S/C14H20O2S/c1-14(2,3)10-5-6-12(13(7-10)17-4)16-9-11-8-15-11/h5-7,11H,8-9H2,1-4H3. The van der Waals surface area contributed by atoms with Gasteiger partial charge in [0.2, 0.25) is 0 Å². The molecule has 0 bridgehead atoms. The Morgan fingerprint density at radius 1 is 1.41 bits per heavy atom. The maximum absolute atomic E-state index is 5.77. The summed E-state index contributed by atoms with van der Waals surface area (Å²) in [5.41, 5.74) is 1.53. The molecule has 0 aliphatic carbocycles. The Kier molecular flexibility index (Phi) is 3.69. The lowest BCUT2D eigenvalue weighted by molar-refractivity contribution is 0.258. The van der Waals surface area contributed by atoms with Gasteiger partial charge in [0.15, 0.2) is 0 Å². The van der Waals surface area contributed by atoms with Gasteiger partial charge < -0.3 is 9.47 Å². The van der Waals surface area contributed by atoms with Crippen molar-refractivity contribution in [2.24, 2.45) is 0 Å². The van der Waals surface area contributed by atoms with Gasteiger partial charge in [-0.15, -0.1) is 11.8 Å². The maximum Gasteiger partial charge on any atom is 0.132 e. The molecule has 17 heavy (non-hydrogen) atoms. The van der Waals surface area contributed by atoms with Gasteiger partial charge in [-0.05, 0) is 29.4 Å². The lowest BCUT2D eigenvalue weighted by Crippen LogP contribution is -2.11. The number of ether oxygens (including phenoxy) is 2. The summed E-state index contributed by atoms with van der Waals surface area (Å²) in [5.74, 6) is 0.973. The normalized spacial score (nSPS) is 19.2. The van der Waals surface area contributed by atoms with E-state index in [1.54, 1.807) is 11.8 Å². The van der Waals surface area contributed by atoms with E-state index in [9.17, 15) is 0 Å². The van der Waals surface area contributed by atoms with Crippen LogP contribution in [0.1, 0.15) is 26.3 Å². The molecule has 1 aliphatic heterocycles. The molecule has 1 heterocycles. The quantitative estimate of drug-likeness (QED) is 0.605. The Balaban J connectivity index is 2.15. The average Bonchev–Trinajstić information content (AvgIpc) is 3.08. The molecular formula is C14H20O2S. The van der Waals surface area contributed by atoms with E-state index >= 15 is 0 Å². The van der Waals surface area contributed by atoms with Crippen molar-refractivity contribution in [3.05, 3.63) is 23.8 Å². The molecule has 3 heteroatoms. The van der Waals surface area contributed by atoms with E-state index in [0.29, 0.717) is 12.7 Å². The van der Waals surface area contributed by atoms with Gasteiger partial charge in [0.1, 0.15) is 18.5 Å². The molecule has 0 saturated carbocycles. The smallest absolute Gasteiger partial charge is 0.132 e. The molecule has 1 aromatic carbocycles. The van der Waals surface area contributed by atoms with Crippen LogP contribution in [0.25, 0.3) is 0 Å². The predicted octanol–water partition coefficient (Wildman–Crippen LogP) is 3.48. The van der Waals surface area contributed by atoms with Crippen LogP contribution in [0.15, 0.2) is 23.1 Å². The van der Waals surface area contributed by atoms with E-state index in [1.165, 1.54) is 10.5 Å². The molecule has 0 amide bonds. The summed E-state index contributed by atoms with van der Waals surface area (Å²) in [5, 5.41) is 0. The van der Waals surface area contributed by atoms with Crippen LogP contribution < -0.4 is 4.74 Å². The monoisotopic (exact) mass is 252 g/mol. The summed E-state index contributed by atoms with van der Waals surface area (Å²) >= 11 is 1.73. The van der Waals surface area contributed by atoms with Crippen LogP contribution in [0.3, 0.4) is 0 Å². The number of hydrogen-bond donors (Lipinski definition) is 0. The average molecular weight is 252 g/mol. The zero-order chi connectivity index (χ0) is 12.5. The summed E-state index contributed by atoms with van der Waals surface area (Å²) in [6.07, 6.45) is 2.40. The second-order valence-electron chi connectivity index (χ2n) is 5.38. The Morgan fingerprint density at radius 2 is 2.12 bits per heavy atom. The van der Waals surface area contributed by atoms with Crippen molar-refractivity contribution in [3.8, 4) is 5.75 Å². The number of benzene rings is 1. The van der Waals surface area contributed by atoms with Crippen LogP contribution in [0, 0.1) is 0 Å². The summed E-state index contributed by atoms with van der Waals surface area (Å²) < 4.78 is 10.9. The highest BCUT2D eigenvalue weighted by Gasteiger charge is 2.24. The minimum absolute atomic E-state index is 0.183. The van der Waals surface area contributed by atoms with Crippen LogP contribution in [0.2, 0.25) is 0 Å². The third-order valence-electron chi connectivity index (χ3n) is 2.86. The maximum atomic E-state index is 5.77. The molecule has 0 spiro atoms. The fraction of sp³-hybridized carbons (Fsp3) is 0.571. The van der Waals surface area contributed by atoms with Crippen molar-refractivity contribution in [3.63, 3.8) is 0 Å². The van der Waals surface area contributed by atoms with E-state index in [1.807, 2.05) is 0 Å². The first kappa shape index (κ1) is 12.8. The molecule has 1 aliphatic rings. The number of rotatable bonds is 4. The highest BCUT2D eigenvalue weighted by molar-refractivity contribution is 7.98. The Morgan fingerprint density at radius 3 is 2.65 bits per heavy atom. The summed E-state index contributed by atoms with van der Waals surface area (Å²) in [7, 11) is 0. The zero-order valence-corrected chi connectivity index (χ0v) is 11.8. The summed E-state index contributed by atoms with van der Waals surface area (Å²) in [6, 6.07) is 6.46. The van der Waals surface area contributed by atoms with Crippen LogP contribution >= 0.6 is 11.8 Å². The van der Waals surface area contributed by atoms with Crippen molar-refractivity contribution < 1.29 is 9.47 Å². The van der Waals surface area contributed by atoms with Crippen molar-refractivity contribution in [1.82, 2.24) is 0 Å². The second kappa shape index (κ2) is 4.91. The SMILES string of the molecule is CSc1cc(C(C)(C)C)ccc1OCC1CO1. The zero-order valence-electron chi connectivity index (χ0n) is 10.9. The molecule has 2 rings (SSSR count). The van der Waals surface area contributed by atoms with Gasteiger partial charge in [-0.2, -0.15) is 0 Å². The molecule has 0 N–H and O–H groups in total. The van der Waals surface area contributed by atoms with Gasteiger partial charge in [-0.25, -0.2) is 0 Å². The summed E-state index contributed by atoms with van der Waals surface area (Å²) in [4.78, 5) is 1.21. The highest BCUT2D eigenvalue weighted by Crippen LogP contribution is 2.33. The first-order chi connectivity index (χ1) is 8.00. The topological polar surface area (TPSA) is 21.8 Å². The van der Waals surface area contributed by atoms with Crippen molar-refractivity contribution in [1.29, 1.82) is 0 Å². The van der Waals surface area contributed by atoms with Gasteiger partial charge in [0.25, 0.3) is 0 Å². The molecule has 1 unspecified atom stereocenters. The molecule has 2 nitrogen and oxygen atoms in total. The molecule has 0 aromatic heterocycles. The van der Waals surface area contributed by atoms with Gasteiger partial charge >= 0.3 is 0 Å². The first-order valence-corrected chi connectivity index (χ1v) is 7.16. The molecular weight excluding hydrogens is 232 g/mol. The Bertz CT molecular complexity index is 392.